The van der Waals surface area contributed by atoms with Crippen molar-refractivity contribution in [3.63, 3.8) is 0 Å². The third kappa shape index (κ3) is 1.99. The van der Waals surface area contributed by atoms with Crippen molar-refractivity contribution in [2.45, 2.75) is 13.0 Å². The minimum Gasteiger partial charge on any atom is -0.395 e. The molecule has 0 saturated heterocycles. The summed E-state index contributed by atoms with van der Waals surface area (Å²) in [6, 6.07) is 0. The molecule has 0 aromatic carbocycles. The van der Waals surface area contributed by atoms with Crippen molar-refractivity contribution >= 4 is 5.69 Å². The van der Waals surface area contributed by atoms with Crippen LogP contribution in [0.2, 0.25) is 0 Å². The summed E-state index contributed by atoms with van der Waals surface area (Å²) in [4.78, 5) is 0. The molecule has 0 spiro atoms. The number of aliphatic hydroxyl groups excluding tert-OH is 1. The molecule has 11 heavy (non-hydrogen) atoms. The van der Waals surface area contributed by atoms with Crippen molar-refractivity contribution < 1.29 is 5.11 Å². The molecule has 1 atom stereocenters. The van der Waals surface area contributed by atoms with Crippen molar-refractivity contribution in [3.05, 3.63) is 11.9 Å². The van der Waals surface area contributed by atoms with E-state index in [1.165, 1.54) is 6.20 Å². The smallest absolute Gasteiger partial charge is 0.131 e. The van der Waals surface area contributed by atoms with Gasteiger partial charge in [0.25, 0.3) is 0 Å². The molecular weight excluding hydrogens is 142 g/mol. The summed E-state index contributed by atoms with van der Waals surface area (Å²) < 4.78 is 0. The molecule has 1 aromatic heterocycles. The van der Waals surface area contributed by atoms with Gasteiger partial charge in [-0.2, -0.15) is 5.10 Å². The summed E-state index contributed by atoms with van der Waals surface area (Å²) in [5, 5.41) is 15.1. The van der Waals surface area contributed by atoms with E-state index in [0.29, 0.717) is 11.4 Å². The highest BCUT2D eigenvalue weighted by Gasteiger charge is 1.94. The van der Waals surface area contributed by atoms with E-state index in [1.807, 2.05) is 0 Å². The zero-order chi connectivity index (χ0) is 8.27. The number of aromatic nitrogens is 2. The molecule has 1 heterocycles. The highest BCUT2D eigenvalue weighted by molar-refractivity contribution is 5.49. The molecule has 4 nitrogen and oxygen atoms in total. The van der Waals surface area contributed by atoms with Crippen molar-refractivity contribution in [2.24, 2.45) is 0 Å². The Kier molecular flexibility index (Phi) is 2.14. The van der Waals surface area contributed by atoms with Gasteiger partial charge >= 0.3 is 0 Å². The highest BCUT2D eigenvalue weighted by atomic mass is 16.3. The maximum atomic E-state index is 8.79. The molecular formula is C7H9N3O. The van der Waals surface area contributed by atoms with E-state index in [9.17, 15) is 0 Å². The third-order valence-corrected chi connectivity index (χ3v) is 1.07. The predicted octanol–water partition coefficient (Wildman–Crippen LogP) is -0.276. The van der Waals surface area contributed by atoms with Gasteiger partial charge in [0.05, 0.1) is 11.9 Å². The first-order valence-corrected chi connectivity index (χ1v) is 3.18. The largest absolute Gasteiger partial charge is 0.395 e. The lowest BCUT2D eigenvalue weighted by molar-refractivity contribution is 0.253. The second-order valence-electron chi connectivity index (χ2n) is 2.15. The number of nitrogen functional groups attached to an aromatic ring is 1. The summed E-state index contributed by atoms with van der Waals surface area (Å²) in [6.45, 7) is 1.58. The Balaban J connectivity index is 2.81. The molecule has 0 unspecified atom stereocenters. The topological polar surface area (TPSA) is 74.9 Å². The summed E-state index contributed by atoms with van der Waals surface area (Å²) in [6.07, 6.45) is 0.837. The maximum absolute atomic E-state index is 8.79. The van der Waals surface area contributed by atoms with E-state index in [1.54, 1.807) is 6.92 Å². The number of nitrogens with two attached hydrogens (primary N) is 1. The van der Waals surface area contributed by atoms with Crippen LogP contribution in [0.4, 0.5) is 5.69 Å². The van der Waals surface area contributed by atoms with Gasteiger partial charge in [0, 0.05) is 0 Å². The molecule has 4 heteroatoms. The Morgan fingerprint density at radius 2 is 2.55 bits per heavy atom. The van der Waals surface area contributed by atoms with Crippen molar-refractivity contribution in [2.75, 3.05) is 5.73 Å². The van der Waals surface area contributed by atoms with Crippen LogP contribution >= 0.6 is 0 Å². The van der Waals surface area contributed by atoms with Crippen LogP contribution < -0.4 is 5.73 Å². The quantitative estimate of drug-likeness (QED) is 0.446. The Morgan fingerprint density at radius 1 is 1.82 bits per heavy atom. The standard InChI is InChI=1S/C7H9N3O/c1-5(11)2-3-7-6(8)4-9-10-7/h4-5,11H,8H2,1H3,(H,9,10)/t5-/m1/s1. The van der Waals surface area contributed by atoms with Gasteiger partial charge in [0.15, 0.2) is 0 Å². The second kappa shape index (κ2) is 3.08. The van der Waals surface area contributed by atoms with Gasteiger partial charge in [-0.3, -0.25) is 5.10 Å². The molecule has 1 aromatic rings. The molecule has 0 aliphatic heterocycles. The molecule has 0 aliphatic carbocycles. The van der Waals surface area contributed by atoms with Gasteiger partial charge in [0.1, 0.15) is 11.8 Å². The van der Waals surface area contributed by atoms with E-state index < -0.39 is 6.10 Å². The molecule has 0 amide bonds. The first-order chi connectivity index (χ1) is 5.20. The lowest BCUT2D eigenvalue weighted by Gasteiger charge is -1.87. The maximum Gasteiger partial charge on any atom is 0.131 e. The molecule has 0 aliphatic rings. The summed E-state index contributed by atoms with van der Waals surface area (Å²) >= 11 is 0. The highest BCUT2D eigenvalue weighted by Crippen LogP contribution is 2.02. The van der Waals surface area contributed by atoms with E-state index in [2.05, 4.69) is 22.0 Å². The second-order valence-corrected chi connectivity index (χ2v) is 2.15. The van der Waals surface area contributed by atoms with Crippen LogP contribution in [0.3, 0.4) is 0 Å². The fourth-order valence-electron chi connectivity index (χ4n) is 0.572. The molecule has 58 valence electrons. The van der Waals surface area contributed by atoms with Crippen LogP contribution in [0, 0.1) is 11.8 Å². The van der Waals surface area contributed by atoms with Crippen LogP contribution in [0.15, 0.2) is 6.20 Å². The molecule has 0 bridgehead atoms. The molecule has 0 fully saturated rings. The van der Waals surface area contributed by atoms with Gasteiger partial charge in [-0.1, -0.05) is 5.92 Å². The number of nitrogens with zero attached hydrogens (tertiary/aromatic N) is 1. The number of H-pyrrole nitrogens is 1. The van der Waals surface area contributed by atoms with Gasteiger partial charge < -0.3 is 10.8 Å². The lowest BCUT2D eigenvalue weighted by atomic mass is 10.3. The number of nitrogens with one attached hydrogen (secondary N) is 1. The minimum atomic E-state index is -0.641. The molecule has 0 radical (unpaired) electrons. The summed E-state index contributed by atoms with van der Waals surface area (Å²) in [5.74, 6) is 5.19. The van der Waals surface area contributed by atoms with E-state index in [-0.39, 0.29) is 0 Å². The fraction of sp³-hybridized carbons (Fsp3) is 0.286. The number of aromatic amines is 1. The minimum absolute atomic E-state index is 0.498. The first kappa shape index (κ1) is 7.63. The monoisotopic (exact) mass is 151 g/mol. The van der Waals surface area contributed by atoms with E-state index >= 15 is 0 Å². The van der Waals surface area contributed by atoms with Crippen LogP contribution in [0.25, 0.3) is 0 Å². The SMILES string of the molecule is C[C@@H](O)C#Cc1[nH]ncc1N. The van der Waals surface area contributed by atoms with Crippen molar-refractivity contribution in [3.8, 4) is 11.8 Å². The van der Waals surface area contributed by atoms with Crippen LogP contribution in [0.5, 0.6) is 0 Å². The van der Waals surface area contributed by atoms with Gasteiger partial charge in [-0.15, -0.1) is 0 Å². The molecule has 1 rings (SSSR count). The zero-order valence-electron chi connectivity index (χ0n) is 6.13. The molecule has 4 N–H and O–H groups in total. The number of rotatable bonds is 0. The van der Waals surface area contributed by atoms with E-state index in [0.717, 1.165) is 0 Å². The average Bonchev–Trinajstić information content (AvgIpc) is 2.31. The normalized spacial score (nSPS) is 11.8. The molecule has 0 saturated carbocycles. The summed E-state index contributed by atoms with van der Waals surface area (Å²) in [5.41, 5.74) is 6.49. The summed E-state index contributed by atoms with van der Waals surface area (Å²) in [7, 11) is 0. The Hall–Kier alpha value is -1.47. The van der Waals surface area contributed by atoms with Gasteiger partial charge in [-0.25, -0.2) is 0 Å². The lowest BCUT2D eigenvalue weighted by Crippen LogP contribution is -1.93. The number of hydrogen-bond acceptors (Lipinski definition) is 3. The van der Waals surface area contributed by atoms with Crippen LogP contribution in [-0.4, -0.2) is 21.4 Å². The Labute approximate surface area is 64.4 Å². The zero-order valence-corrected chi connectivity index (χ0v) is 6.13. The Morgan fingerprint density at radius 3 is 3.00 bits per heavy atom. The van der Waals surface area contributed by atoms with Crippen LogP contribution in [0.1, 0.15) is 12.6 Å². The number of aliphatic hydroxyl groups is 1. The predicted molar refractivity (Wildman–Crippen MR) is 41.6 cm³/mol. The van der Waals surface area contributed by atoms with E-state index in [4.69, 9.17) is 10.8 Å². The van der Waals surface area contributed by atoms with Gasteiger partial charge in [-0.05, 0) is 12.8 Å². The van der Waals surface area contributed by atoms with Crippen LogP contribution in [-0.2, 0) is 0 Å². The first-order valence-electron chi connectivity index (χ1n) is 3.18. The third-order valence-electron chi connectivity index (χ3n) is 1.07. The van der Waals surface area contributed by atoms with Crippen molar-refractivity contribution in [1.82, 2.24) is 10.2 Å². The van der Waals surface area contributed by atoms with Gasteiger partial charge in [0.2, 0.25) is 0 Å². The Bertz CT molecular complexity index is 292. The average molecular weight is 151 g/mol. The number of hydrogen-bond donors (Lipinski definition) is 3. The fourth-order valence-corrected chi connectivity index (χ4v) is 0.572. The van der Waals surface area contributed by atoms with Crippen molar-refractivity contribution in [1.29, 1.82) is 0 Å². The number of anilines is 1.